The first-order valence-corrected chi connectivity index (χ1v) is 7.34. The molecule has 0 aromatic heterocycles. The number of nitrogens with two attached hydrogens (primary N) is 1. The summed E-state index contributed by atoms with van der Waals surface area (Å²) in [5.41, 5.74) is 6.07. The standard InChI is InChI=1S/C12H20N2O3S/c1-3-4-11(9-17-2)14-18(15,16)12-7-5-10(13)6-8-12/h5-8,11,14H,3-4,9,13H2,1-2H3. The Morgan fingerprint density at radius 1 is 1.33 bits per heavy atom. The van der Waals surface area contributed by atoms with Gasteiger partial charge in [-0.3, -0.25) is 0 Å². The lowest BCUT2D eigenvalue weighted by atomic mass is 10.2. The molecule has 0 saturated heterocycles. The van der Waals surface area contributed by atoms with Gasteiger partial charge in [-0.2, -0.15) is 0 Å². The molecule has 102 valence electrons. The van der Waals surface area contributed by atoms with E-state index in [1.807, 2.05) is 6.92 Å². The summed E-state index contributed by atoms with van der Waals surface area (Å²) >= 11 is 0. The Morgan fingerprint density at radius 2 is 1.94 bits per heavy atom. The average Bonchev–Trinajstić information content (AvgIpc) is 2.29. The van der Waals surface area contributed by atoms with Gasteiger partial charge in [0.25, 0.3) is 0 Å². The predicted octanol–water partition coefficient (Wildman–Crippen LogP) is 1.36. The van der Waals surface area contributed by atoms with E-state index in [0.29, 0.717) is 12.3 Å². The van der Waals surface area contributed by atoms with Gasteiger partial charge in [0.15, 0.2) is 0 Å². The van der Waals surface area contributed by atoms with E-state index in [4.69, 9.17) is 10.5 Å². The summed E-state index contributed by atoms with van der Waals surface area (Å²) in [4.78, 5) is 0.217. The van der Waals surface area contributed by atoms with Gasteiger partial charge in [-0.15, -0.1) is 0 Å². The molecular formula is C12H20N2O3S. The maximum atomic E-state index is 12.1. The van der Waals surface area contributed by atoms with E-state index < -0.39 is 10.0 Å². The lowest BCUT2D eigenvalue weighted by Crippen LogP contribution is -2.37. The number of hydrogen-bond acceptors (Lipinski definition) is 4. The number of sulfonamides is 1. The number of hydrogen-bond donors (Lipinski definition) is 2. The Balaban J connectivity index is 2.82. The molecule has 0 aliphatic rings. The van der Waals surface area contributed by atoms with Crippen molar-refractivity contribution in [2.24, 2.45) is 0 Å². The number of rotatable bonds is 7. The van der Waals surface area contributed by atoms with E-state index in [1.165, 1.54) is 12.1 Å². The molecule has 0 bridgehead atoms. The van der Waals surface area contributed by atoms with Crippen LogP contribution in [0.5, 0.6) is 0 Å². The fraction of sp³-hybridized carbons (Fsp3) is 0.500. The van der Waals surface area contributed by atoms with Crippen LogP contribution in [0.2, 0.25) is 0 Å². The molecule has 0 fully saturated rings. The number of anilines is 1. The lowest BCUT2D eigenvalue weighted by molar-refractivity contribution is 0.171. The maximum Gasteiger partial charge on any atom is 0.240 e. The fourth-order valence-corrected chi connectivity index (χ4v) is 2.92. The van der Waals surface area contributed by atoms with E-state index in [2.05, 4.69) is 4.72 Å². The van der Waals surface area contributed by atoms with Crippen molar-refractivity contribution in [2.45, 2.75) is 30.7 Å². The minimum atomic E-state index is -3.51. The zero-order chi connectivity index (χ0) is 13.6. The highest BCUT2D eigenvalue weighted by molar-refractivity contribution is 7.89. The molecule has 6 heteroatoms. The zero-order valence-electron chi connectivity index (χ0n) is 10.7. The number of ether oxygens (including phenoxy) is 1. The van der Waals surface area contributed by atoms with Crippen LogP contribution in [0.4, 0.5) is 5.69 Å². The number of nitrogen functional groups attached to an aromatic ring is 1. The number of nitrogens with one attached hydrogen (secondary N) is 1. The molecule has 1 aromatic carbocycles. The first kappa shape index (κ1) is 14.9. The molecule has 0 radical (unpaired) electrons. The minimum absolute atomic E-state index is 0.206. The van der Waals surface area contributed by atoms with Crippen molar-refractivity contribution < 1.29 is 13.2 Å². The highest BCUT2D eigenvalue weighted by Gasteiger charge is 2.19. The number of benzene rings is 1. The molecule has 0 aliphatic heterocycles. The summed E-state index contributed by atoms with van der Waals surface area (Å²) in [5.74, 6) is 0. The van der Waals surface area contributed by atoms with Gasteiger partial charge >= 0.3 is 0 Å². The molecule has 0 spiro atoms. The van der Waals surface area contributed by atoms with E-state index in [9.17, 15) is 8.42 Å². The van der Waals surface area contributed by atoms with E-state index >= 15 is 0 Å². The summed E-state index contributed by atoms with van der Waals surface area (Å²) in [7, 11) is -1.95. The molecule has 18 heavy (non-hydrogen) atoms. The fourth-order valence-electron chi connectivity index (χ4n) is 1.66. The highest BCUT2D eigenvalue weighted by Crippen LogP contribution is 2.13. The lowest BCUT2D eigenvalue weighted by Gasteiger charge is -2.17. The van der Waals surface area contributed by atoms with Crippen molar-refractivity contribution in [1.82, 2.24) is 4.72 Å². The van der Waals surface area contributed by atoms with Crippen molar-refractivity contribution in [1.29, 1.82) is 0 Å². The van der Waals surface area contributed by atoms with Crippen molar-refractivity contribution >= 4 is 15.7 Å². The van der Waals surface area contributed by atoms with Gasteiger partial charge in [-0.25, -0.2) is 13.1 Å². The molecule has 1 rings (SSSR count). The third-order valence-corrected chi connectivity index (χ3v) is 4.05. The minimum Gasteiger partial charge on any atom is -0.399 e. The van der Waals surface area contributed by atoms with E-state index in [1.54, 1.807) is 19.2 Å². The molecule has 0 saturated carbocycles. The van der Waals surface area contributed by atoms with Crippen molar-refractivity contribution in [2.75, 3.05) is 19.5 Å². The molecule has 5 nitrogen and oxygen atoms in total. The van der Waals surface area contributed by atoms with Crippen molar-refractivity contribution in [3.63, 3.8) is 0 Å². The van der Waals surface area contributed by atoms with Crippen LogP contribution in [0.3, 0.4) is 0 Å². The van der Waals surface area contributed by atoms with Crippen molar-refractivity contribution in [3.8, 4) is 0 Å². The van der Waals surface area contributed by atoms with Crippen LogP contribution in [0.15, 0.2) is 29.2 Å². The van der Waals surface area contributed by atoms with Crippen molar-refractivity contribution in [3.05, 3.63) is 24.3 Å². The number of methoxy groups -OCH3 is 1. The molecular weight excluding hydrogens is 252 g/mol. The van der Waals surface area contributed by atoms with Crippen LogP contribution in [-0.2, 0) is 14.8 Å². The Bertz CT molecular complexity index is 451. The predicted molar refractivity (Wildman–Crippen MR) is 71.7 cm³/mol. The normalized spacial score (nSPS) is 13.4. The van der Waals surface area contributed by atoms with Gasteiger partial charge in [-0.1, -0.05) is 13.3 Å². The summed E-state index contributed by atoms with van der Waals surface area (Å²) in [6.45, 7) is 2.36. The van der Waals surface area contributed by atoms with Crippen LogP contribution >= 0.6 is 0 Å². The molecule has 1 unspecified atom stereocenters. The smallest absolute Gasteiger partial charge is 0.240 e. The summed E-state index contributed by atoms with van der Waals surface area (Å²) < 4.78 is 31.8. The second kappa shape index (κ2) is 6.72. The Kier molecular flexibility index (Phi) is 5.58. The second-order valence-corrected chi connectivity index (χ2v) is 5.85. The van der Waals surface area contributed by atoms with Gasteiger partial charge in [0.1, 0.15) is 0 Å². The van der Waals surface area contributed by atoms with Crippen LogP contribution < -0.4 is 10.5 Å². The molecule has 0 heterocycles. The molecule has 3 N–H and O–H groups in total. The highest BCUT2D eigenvalue weighted by atomic mass is 32.2. The van der Waals surface area contributed by atoms with Gasteiger partial charge in [0.05, 0.1) is 11.5 Å². The monoisotopic (exact) mass is 272 g/mol. The Morgan fingerprint density at radius 3 is 2.44 bits per heavy atom. The SMILES string of the molecule is CCCC(COC)NS(=O)(=O)c1ccc(N)cc1. The summed E-state index contributed by atoms with van der Waals surface area (Å²) in [5, 5.41) is 0. The average molecular weight is 272 g/mol. The van der Waals surface area contributed by atoms with Crippen LogP contribution in [-0.4, -0.2) is 28.2 Å². The van der Waals surface area contributed by atoms with Gasteiger partial charge in [0.2, 0.25) is 10.0 Å². The zero-order valence-corrected chi connectivity index (χ0v) is 11.5. The van der Waals surface area contributed by atoms with Gasteiger partial charge < -0.3 is 10.5 Å². The molecule has 0 amide bonds. The molecule has 1 aromatic rings. The van der Waals surface area contributed by atoms with Crippen LogP contribution in [0.25, 0.3) is 0 Å². The summed E-state index contributed by atoms with van der Waals surface area (Å²) in [6, 6.07) is 5.92. The first-order chi connectivity index (χ1) is 8.49. The third-order valence-electron chi connectivity index (χ3n) is 2.52. The van der Waals surface area contributed by atoms with Crippen LogP contribution in [0, 0.1) is 0 Å². The second-order valence-electron chi connectivity index (χ2n) is 4.13. The third kappa shape index (κ3) is 4.29. The Labute approximate surface area is 108 Å². The first-order valence-electron chi connectivity index (χ1n) is 5.86. The Hall–Kier alpha value is -1.11. The largest absolute Gasteiger partial charge is 0.399 e. The van der Waals surface area contributed by atoms with E-state index in [0.717, 1.165) is 12.8 Å². The summed E-state index contributed by atoms with van der Waals surface area (Å²) in [6.07, 6.45) is 1.63. The molecule has 1 atom stereocenters. The topological polar surface area (TPSA) is 81.4 Å². The molecule has 0 aliphatic carbocycles. The van der Waals surface area contributed by atoms with Crippen LogP contribution in [0.1, 0.15) is 19.8 Å². The maximum absolute atomic E-state index is 12.1. The van der Waals surface area contributed by atoms with E-state index in [-0.39, 0.29) is 10.9 Å². The van der Waals surface area contributed by atoms with Gasteiger partial charge in [-0.05, 0) is 30.7 Å². The van der Waals surface area contributed by atoms with Gasteiger partial charge in [0, 0.05) is 18.8 Å². The quantitative estimate of drug-likeness (QED) is 0.734.